The smallest absolute Gasteiger partial charge is 0.142 e. The Morgan fingerprint density at radius 2 is 2.20 bits per heavy atom. The molecule has 2 aromatic heterocycles. The summed E-state index contributed by atoms with van der Waals surface area (Å²) < 4.78 is 5.89. The second-order valence-corrected chi connectivity index (χ2v) is 5.20. The van der Waals surface area contributed by atoms with Gasteiger partial charge < -0.3 is 10.1 Å². The van der Waals surface area contributed by atoms with Gasteiger partial charge >= 0.3 is 0 Å². The fourth-order valence-electron chi connectivity index (χ4n) is 2.03. The summed E-state index contributed by atoms with van der Waals surface area (Å²) in [5, 5.41) is 3.48. The molecule has 0 amide bonds. The molecular weight excluding hydrogens is 250 g/mol. The molecule has 0 spiro atoms. The van der Waals surface area contributed by atoms with Crippen molar-refractivity contribution in [2.24, 2.45) is 0 Å². The predicted octanol–water partition coefficient (Wildman–Crippen LogP) is 2.62. The monoisotopic (exact) mass is 269 g/mol. The van der Waals surface area contributed by atoms with Crippen molar-refractivity contribution in [1.82, 2.24) is 15.3 Å². The molecule has 0 saturated heterocycles. The molecule has 104 valence electrons. The van der Waals surface area contributed by atoms with Crippen LogP contribution in [0.3, 0.4) is 0 Å². The van der Waals surface area contributed by atoms with Gasteiger partial charge in [-0.1, -0.05) is 6.07 Å². The van der Waals surface area contributed by atoms with Crippen LogP contribution < -0.4 is 10.1 Å². The summed E-state index contributed by atoms with van der Waals surface area (Å²) in [6, 6.07) is 8.59. The van der Waals surface area contributed by atoms with Crippen molar-refractivity contribution in [3.63, 3.8) is 0 Å². The first-order chi connectivity index (χ1) is 9.81. The quantitative estimate of drug-likeness (QED) is 0.875. The van der Waals surface area contributed by atoms with Gasteiger partial charge in [-0.15, -0.1) is 0 Å². The number of aryl methyl sites for hydroxylation is 1. The van der Waals surface area contributed by atoms with Gasteiger partial charge in [0.1, 0.15) is 12.4 Å². The Morgan fingerprint density at radius 1 is 1.30 bits per heavy atom. The predicted molar refractivity (Wildman–Crippen MR) is 77.4 cm³/mol. The Balaban J connectivity index is 1.67. The molecule has 1 saturated carbocycles. The van der Waals surface area contributed by atoms with Crippen molar-refractivity contribution < 1.29 is 4.74 Å². The van der Waals surface area contributed by atoms with E-state index < -0.39 is 0 Å². The number of nitrogens with zero attached hydrogens (tertiary/aromatic N) is 2. The average Bonchev–Trinajstić information content (AvgIpc) is 3.29. The van der Waals surface area contributed by atoms with Crippen molar-refractivity contribution in [3.8, 4) is 5.75 Å². The number of aromatic nitrogens is 2. The largest absolute Gasteiger partial charge is 0.487 e. The molecule has 2 heterocycles. The van der Waals surface area contributed by atoms with E-state index in [2.05, 4.69) is 15.3 Å². The Morgan fingerprint density at radius 3 is 2.95 bits per heavy atom. The first-order valence-electron chi connectivity index (χ1n) is 7.03. The third-order valence-electron chi connectivity index (χ3n) is 3.32. The lowest BCUT2D eigenvalue weighted by Crippen LogP contribution is -2.17. The molecular formula is C16H19N3O. The molecule has 1 N–H and O–H groups in total. The van der Waals surface area contributed by atoms with Crippen molar-refractivity contribution in [2.75, 3.05) is 0 Å². The van der Waals surface area contributed by atoms with Crippen LogP contribution in [0.15, 0.2) is 36.7 Å². The summed E-state index contributed by atoms with van der Waals surface area (Å²) in [6.07, 6.45) is 6.14. The van der Waals surface area contributed by atoms with Gasteiger partial charge in [-0.05, 0) is 38.0 Å². The Bertz CT molecular complexity index is 567. The lowest BCUT2D eigenvalue weighted by molar-refractivity contribution is 0.299. The summed E-state index contributed by atoms with van der Waals surface area (Å²) in [6.45, 7) is 3.30. The molecule has 0 bridgehead atoms. The summed E-state index contributed by atoms with van der Waals surface area (Å²) >= 11 is 0. The van der Waals surface area contributed by atoms with Gasteiger partial charge in [0.15, 0.2) is 0 Å². The van der Waals surface area contributed by atoms with Crippen LogP contribution in [0, 0.1) is 6.92 Å². The van der Waals surface area contributed by atoms with E-state index in [1.165, 1.54) is 12.8 Å². The minimum atomic E-state index is 0.523. The second-order valence-electron chi connectivity index (χ2n) is 5.20. The highest BCUT2D eigenvalue weighted by molar-refractivity contribution is 5.29. The van der Waals surface area contributed by atoms with Crippen LogP contribution >= 0.6 is 0 Å². The van der Waals surface area contributed by atoms with Gasteiger partial charge in [0.25, 0.3) is 0 Å². The normalized spacial score (nSPS) is 14.2. The maximum atomic E-state index is 5.89. The lowest BCUT2D eigenvalue weighted by Gasteiger charge is -2.12. The van der Waals surface area contributed by atoms with E-state index in [0.29, 0.717) is 12.6 Å². The molecule has 4 nitrogen and oxygen atoms in total. The molecule has 0 unspecified atom stereocenters. The fourth-order valence-corrected chi connectivity index (χ4v) is 2.03. The summed E-state index contributed by atoms with van der Waals surface area (Å²) in [7, 11) is 0. The van der Waals surface area contributed by atoms with E-state index in [4.69, 9.17) is 4.74 Å². The van der Waals surface area contributed by atoms with Crippen LogP contribution in [0.5, 0.6) is 5.75 Å². The third kappa shape index (κ3) is 3.54. The number of rotatable bonds is 6. The van der Waals surface area contributed by atoms with Crippen LogP contribution in [0.2, 0.25) is 0 Å². The number of hydrogen-bond acceptors (Lipinski definition) is 4. The van der Waals surface area contributed by atoms with Crippen LogP contribution in [0.25, 0.3) is 0 Å². The zero-order chi connectivity index (χ0) is 13.8. The Labute approximate surface area is 119 Å². The topological polar surface area (TPSA) is 47.0 Å². The molecule has 20 heavy (non-hydrogen) atoms. The standard InChI is InChI=1S/C16H19N3O/c1-12-4-7-16(15(19-12)10-18-14-5-6-14)20-11-13-3-2-8-17-9-13/h2-4,7-9,14,18H,5-6,10-11H2,1H3. The Kier molecular flexibility index (Phi) is 3.92. The maximum absolute atomic E-state index is 5.89. The van der Waals surface area contributed by atoms with Gasteiger partial charge in [0.2, 0.25) is 0 Å². The van der Waals surface area contributed by atoms with Gasteiger partial charge in [0.05, 0.1) is 5.69 Å². The first-order valence-corrected chi connectivity index (χ1v) is 7.03. The molecule has 1 aliphatic rings. The van der Waals surface area contributed by atoms with Gasteiger partial charge in [-0.3, -0.25) is 9.97 Å². The van der Waals surface area contributed by atoms with E-state index in [-0.39, 0.29) is 0 Å². The Hall–Kier alpha value is -1.94. The van der Waals surface area contributed by atoms with E-state index >= 15 is 0 Å². The molecule has 0 atom stereocenters. The summed E-state index contributed by atoms with van der Waals surface area (Å²) in [4.78, 5) is 8.68. The maximum Gasteiger partial charge on any atom is 0.142 e. The second kappa shape index (κ2) is 6.01. The molecule has 3 rings (SSSR count). The van der Waals surface area contributed by atoms with Crippen LogP contribution in [0.1, 0.15) is 29.8 Å². The van der Waals surface area contributed by atoms with E-state index in [1.54, 1.807) is 6.20 Å². The average molecular weight is 269 g/mol. The van der Waals surface area contributed by atoms with Crippen molar-refractivity contribution in [1.29, 1.82) is 0 Å². The first kappa shape index (κ1) is 13.1. The van der Waals surface area contributed by atoms with E-state index in [1.807, 2.05) is 37.4 Å². The molecule has 4 heteroatoms. The van der Waals surface area contributed by atoms with Gasteiger partial charge in [0, 0.05) is 36.2 Å². The zero-order valence-electron chi connectivity index (χ0n) is 11.7. The lowest BCUT2D eigenvalue weighted by atomic mass is 10.2. The number of hydrogen-bond donors (Lipinski definition) is 1. The third-order valence-corrected chi connectivity index (χ3v) is 3.32. The summed E-state index contributed by atoms with van der Waals surface area (Å²) in [5.41, 5.74) is 3.07. The molecule has 0 aliphatic heterocycles. The highest BCUT2D eigenvalue weighted by atomic mass is 16.5. The fraction of sp³-hybridized carbons (Fsp3) is 0.375. The van der Waals surface area contributed by atoms with Crippen LogP contribution in [-0.4, -0.2) is 16.0 Å². The number of nitrogens with one attached hydrogen (secondary N) is 1. The van der Waals surface area contributed by atoms with Gasteiger partial charge in [-0.25, -0.2) is 0 Å². The van der Waals surface area contributed by atoms with Crippen molar-refractivity contribution in [2.45, 2.75) is 39.0 Å². The molecule has 0 aromatic carbocycles. The highest BCUT2D eigenvalue weighted by Gasteiger charge is 2.21. The molecule has 1 aliphatic carbocycles. The van der Waals surface area contributed by atoms with Crippen molar-refractivity contribution >= 4 is 0 Å². The number of ether oxygens (including phenoxy) is 1. The number of pyridine rings is 2. The van der Waals surface area contributed by atoms with Crippen LogP contribution in [0.4, 0.5) is 0 Å². The minimum absolute atomic E-state index is 0.523. The SMILES string of the molecule is Cc1ccc(OCc2cccnc2)c(CNC2CC2)n1. The van der Waals surface area contributed by atoms with E-state index in [0.717, 1.165) is 29.2 Å². The summed E-state index contributed by atoms with van der Waals surface area (Å²) in [5.74, 6) is 0.854. The van der Waals surface area contributed by atoms with E-state index in [9.17, 15) is 0 Å². The highest BCUT2D eigenvalue weighted by Crippen LogP contribution is 2.22. The molecule has 2 aromatic rings. The zero-order valence-corrected chi connectivity index (χ0v) is 11.7. The molecule has 0 radical (unpaired) electrons. The van der Waals surface area contributed by atoms with Crippen LogP contribution in [-0.2, 0) is 13.2 Å². The van der Waals surface area contributed by atoms with Gasteiger partial charge in [-0.2, -0.15) is 0 Å². The van der Waals surface area contributed by atoms with Crippen molar-refractivity contribution in [3.05, 3.63) is 53.6 Å². The minimum Gasteiger partial charge on any atom is -0.487 e. The molecule has 1 fully saturated rings.